The predicted molar refractivity (Wildman–Crippen MR) is 193 cm³/mol. The van der Waals surface area contributed by atoms with Crippen LogP contribution in [0.5, 0.6) is 0 Å². The number of hydrogen-bond acceptors (Lipinski definition) is 18. The van der Waals surface area contributed by atoms with Crippen LogP contribution in [0.25, 0.3) is 0 Å². The maximum Gasteiger partial charge on any atom is 0.238 e. The second-order valence-electron chi connectivity index (χ2n) is 14.3. The van der Waals surface area contributed by atoms with Gasteiger partial charge in [0.05, 0.1) is 42.7 Å². The van der Waals surface area contributed by atoms with E-state index in [1.807, 2.05) is 0 Å². The van der Waals surface area contributed by atoms with Gasteiger partial charge in [-0.05, 0) is 40.5 Å². The molecule has 0 aromatic rings. The molecule has 0 spiro atoms. The number of ether oxygens (including phenoxy) is 8. The number of aldehydes is 1. The van der Waals surface area contributed by atoms with E-state index in [4.69, 9.17) is 37.9 Å². The summed E-state index contributed by atoms with van der Waals surface area (Å²) in [5.41, 5.74) is -2.18. The van der Waals surface area contributed by atoms with E-state index in [9.17, 15) is 44.1 Å². The first-order valence-electron chi connectivity index (χ1n) is 18.6. The Balaban J connectivity index is 1.81. The van der Waals surface area contributed by atoms with Crippen molar-refractivity contribution < 1.29 is 82.0 Å². The van der Waals surface area contributed by atoms with Crippen LogP contribution in [-0.4, -0.2) is 164 Å². The van der Waals surface area contributed by atoms with E-state index in [2.05, 4.69) is 31.8 Å². The number of allylic oxidation sites excluding steroid dienone is 2. The van der Waals surface area contributed by atoms with Crippen LogP contribution in [0.2, 0.25) is 0 Å². The Morgan fingerprint density at radius 3 is 2.00 bits per heavy atom. The molecular formula is C35H54N6O17. The molecule has 3 saturated heterocycles. The highest BCUT2D eigenvalue weighted by Crippen LogP contribution is 2.52. The largest absolute Gasteiger partial charge is 0.462 e. The van der Waals surface area contributed by atoms with Crippen molar-refractivity contribution in [1.82, 2.24) is 26.7 Å². The first-order valence-corrected chi connectivity index (χ1v) is 18.6. The fraction of sp³-hybridized carbons (Fsp3) is 0.743. The van der Waals surface area contributed by atoms with E-state index >= 15 is 0 Å². The van der Waals surface area contributed by atoms with Gasteiger partial charge in [-0.15, -0.1) is 0 Å². The summed E-state index contributed by atoms with van der Waals surface area (Å²) in [7, 11) is 1.32. The molecule has 1 aliphatic carbocycles. The Morgan fingerprint density at radius 2 is 1.43 bits per heavy atom. The van der Waals surface area contributed by atoms with E-state index in [1.165, 1.54) is 27.9 Å². The van der Waals surface area contributed by atoms with Gasteiger partial charge in [-0.3, -0.25) is 28.8 Å². The van der Waals surface area contributed by atoms with Gasteiger partial charge in [-0.25, -0.2) is 5.43 Å². The van der Waals surface area contributed by atoms with Gasteiger partial charge in [0.25, 0.3) is 0 Å². The summed E-state index contributed by atoms with van der Waals surface area (Å²) in [5, 5.41) is 49.9. The number of hydrogen-bond donors (Lipinski definition) is 8. The lowest BCUT2D eigenvalue weighted by atomic mass is 9.64. The second kappa shape index (κ2) is 20.7. The molecule has 3 heterocycles. The van der Waals surface area contributed by atoms with E-state index < -0.39 is 103 Å². The molecule has 0 aromatic heterocycles. The van der Waals surface area contributed by atoms with Crippen LogP contribution < -0.4 is 26.7 Å². The molecule has 8 unspecified atom stereocenters. The van der Waals surface area contributed by atoms with Crippen LogP contribution in [0.4, 0.5) is 0 Å². The topological polar surface area (TPSA) is 309 Å². The number of carbonyl (C=O) groups excluding carboxylic acids is 6. The van der Waals surface area contributed by atoms with Crippen LogP contribution in [0.15, 0.2) is 16.6 Å². The molecule has 23 nitrogen and oxygen atoms in total. The number of aliphatic hydroxyl groups excluding tert-OH is 2. The Morgan fingerprint density at radius 1 is 0.828 bits per heavy atom. The third-order valence-corrected chi connectivity index (χ3v) is 10.8. The third kappa shape index (κ3) is 9.81. The molecule has 58 heavy (non-hydrogen) atoms. The van der Waals surface area contributed by atoms with E-state index in [-0.39, 0.29) is 30.7 Å². The minimum Gasteiger partial charge on any atom is -0.462 e. The summed E-state index contributed by atoms with van der Waals surface area (Å²) in [4.78, 5) is 69.8. The number of nitrogens with zero attached hydrogens (tertiary/aromatic N) is 1. The molecule has 0 radical (unpaired) electrons. The molecule has 16 atom stereocenters. The van der Waals surface area contributed by atoms with Crippen molar-refractivity contribution in [3.05, 3.63) is 11.5 Å². The van der Waals surface area contributed by atoms with Crippen molar-refractivity contribution in [2.24, 2.45) is 5.10 Å². The van der Waals surface area contributed by atoms with Gasteiger partial charge in [0, 0.05) is 14.0 Å². The molecule has 23 heteroatoms. The van der Waals surface area contributed by atoms with Crippen LogP contribution in [0.1, 0.15) is 60.3 Å². The molecule has 4 rings (SSSR count). The first kappa shape index (κ1) is 46.5. The summed E-state index contributed by atoms with van der Waals surface area (Å²) in [6.45, 7) is 7.22. The van der Waals surface area contributed by atoms with Crippen LogP contribution in [-0.2, 0) is 66.7 Å². The number of rotatable bonds is 20. The number of methoxy groups -OCH3 is 1. The van der Waals surface area contributed by atoms with Crippen LogP contribution in [0, 0.1) is 0 Å². The predicted octanol–water partition coefficient (Wildman–Crippen LogP) is -3.60. The summed E-state index contributed by atoms with van der Waals surface area (Å²) in [6.07, 6.45) is -11.5. The monoisotopic (exact) mass is 830 g/mol. The Hall–Kier alpha value is -4.17. The minimum absolute atomic E-state index is 0.0330. The number of aliphatic hydroxyl groups is 3. The zero-order valence-electron chi connectivity index (χ0n) is 32.9. The molecule has 326 valence electrons. The maximum atomic E-state index is 13.0. The SMILES string of the molecule is CO[C@H]1OC(C)[C@@H](NC=O)C(O)C1O[C@H]1OC(C)[C@@H](NC=O)[C@@]2(O[C@H]3OC(C)[C@@H](NC=O)C(O)C3O[C@H](/C=N/NC(C)=O)O/C(C)=C(/C=O)NC=O)CCCCC12O. The quantitative estimate of drug-likeness (QED) is 0.0147. The molecule has 4 fully saturated rings. The molecule has 8 N–H and O–H groups in total. The molecule has 4 aliphatic rings. The highest BCUT2D eigenvalue weighted by Gasteiger charge is 2.69. The maximum absolute atomic E-state index is 13.0. The van der Waals surface area contributed by atoms with E-state index in [1.54, 1.807) is 13.8 Å². The Labute approximate surface area is 333 Å². The van der Waals surface area contributed by atoms with Crippen molar-refractivity contribution >= 4 is 44.0 Å². The normalized spacial score (nSPS) is 39.8. The summed E-state index contributed by atoms with van der Waals surface area (Å²) < 4.78 is 49.1. The molecule has 0 aromatic carbocycles. The molecule has 1 saturated carbocycles. The Bertz CT molecular complexity index is 1510. The summed E-state index contributed by atoms with van der Waals surface area (Å²) in [5.74, 6) is -0.758. The summed E-state index contributed by atoms with van der Waals surface area (Å²) in [6, 6.07) is -3.21. The number of carbonyl (C=O) groups is 6. The zero-order valence-corrected chi connectivity index (χ0v) is 32.9. The third-order valence-electron chi connectivity index (χ3n) is 10.8. The highest BCUT2D eigenvalue weighted by atomic mass is 16.8. The van der Waals surface area contributed by atoms with Crippen molar-refractivity contribution in [2.75, 3.05) is 7.11 Å². The fourth-order valence-electron chi connectivity index (χ4n) is 7.98. The molecule has 5 amide bonds. The van der Waals surface area contributed by atoms with Gasteiger partial charge < -0.3 is 74.5 Å². The van der Waals surface area contributed by atoms with Gasteiger partial charge in [0.1, 0.15) is 47.1 Å². The average Bonchev–Trinajstić information content (AvgIpc) is 3.18. The highest BCUT2D eigenvalue weighted by molar-refractivity contribution is 5.77. The van der Waals surface area contributed by atoms with Gasteiger partial charge in [-0.2, -0.15) is 5.10 Å². The lowest BCUT2D eigenvalue weighted by molar-refractivity contribution is -0.422. The van der Waals surface area contributed by atoms with Crippen LogP contribution >= 0.6 is 0 Å². The van der Waals surface area contributed by atoms with Crippen molar-refractivity contribution in [2.45, 2.75) is 158 Å². The minimum atomic E-state index is -2.17. The second-order valence-corrected chi connectivity index (χ2v) is 14.3. The number of hydrazone groups is 1. The molecular weight excluding hydrogens is 776 g/mol. The lowest BCUT2D eigenvalue weighted by Crippen LogP contribution is -2.80. The van der Waals surface area contributed by atoms with E-state index in [0.717, 1.165) is 6.21 Å². The smallest absolute Gasteiger partial charge is 0.238 e. The van der Waals surface area contributed by atoms with Crippen molar-refractivity contribution in [1.29, 1.82) is 0 Å². The fourth-order valence-corrected chi connectivity index (χ4v) is 7.98. The van der Waals surface area contributed by atoms with Gasteiger partial charge in [0.15, 0.2) is 25.2 Å². The average molecular weight is 831 g/mol. The van der Waals surface area contributed by atoms with Crippen molar-refractivity contribution in [3.63, 3.8) is 0 Å². The molecule has 3 aliphatic heterocycles. The summed E-state index contributed by atoms with van der Waals surface area (Å²) >= 11 is 0. The standard InChI is InChI=1S/C35H54N6O17/c1-17(22(12-42)36-13-43)52-23(11-40-41-21(5)47)56-29-27(49)25(38-15-45)19(3)54-32(29)58-35-10-8-7-9-34(35,50)33(55-20(4)30(35)39-16-46)57-28-26(48)24(37-14-44)18(2)53-31(28)51-6/h11-16,18-20,23-33,48-50H,7-10H2,1-6H3,(H,36,43)(H,37,44)(H,38,45)(H,39,46)(H,41,47)/b22-17-,40-11+/t18?,19?,20?,23-,24-,25-,26?,27?,28?,29?,30-,31+,32-,33-,34?,35+/m1/s1. The van der Waals surface area contributed by atoms with Gasteiger partial charge in [-0.1, -0.05) is 12.8 Å². The van der Waals surface area contributed by atoms with Crippen LogP contribution in [0.3, 0.4) is 0 Å². The zero-order chi connectivity index (χ0) is 42.8. The number of fused-ring (bicyclic) bond motifs is 1. The number of amides is 5. The van der Waals surface area contributed by atoms with Gasteiger partial charge in [0.2, 0.25) is 37.8 Å². The van der Waals surface area contributed by atoms with Gasteiger partial charge >= 0.3 is 0 Å². The van der Waals surface area contributed by atoms with E-state index in [0.29, 0.717) is 38.4 Å². The molecule has 0 bridgehead atoms. The first-order chi connectivity index (χ1) is 27.7. The Kier molecular flexibility index (Phi) is 16.6. The number of nitrogens with one attached hydrogen (secondary N) is 5. The lowest BCUT2D eigenvalue weighted by Gasteiger charge is -2.62. The van der Waals surface area contributed by atoms with Crippen molar-refractivity contribution in [3.8, 4) is 0 Å².